The van der Waals surface area contributed by atoms with Crippen LogP contribution >= 0.6 is 34.8 Å². The van der Waals surface area contributed by atoms with Gasteiger partial charge in [-0.1, -0.05) is 77.3 Å². The molecule has 0 saturated heterocycles. The molecule has 4 aromatic carbocycles. The fraction of sp³-hybridized carbons (Fsp3) is 0.111. The normalized spacial score (nSPS) is 11.6. The van der Waals surface area contributed by atoms with Crippen LogP contribution in [0.5, 0.6) is 11.5 Å². The van der Waals surface area contributed by atoms with Crippen LogP contribution in [0.15, 0.2) is 83.8 Å². The van der Waals surface area contributed by atoms with E-state index in [4.69, 9.17) is 39.5 Å². The van der Waals surface area contributed by atoms with Gasteiger partial charge >= 0.3 is 0 Å². The van der Waals surface area contributed by atoms with E-state index in [1.54, 1.807) is 24.3 Å². The molecule has 0 aliphatic heterocycles. The molecular formula is C27H21Cl3FNO4S. The van der Waals surface area contributed by atoms with Crippen LogP contribution in [0.2, 0.25) is 15.1 Å². The summed E-state index contributed by atoms with van der Waals surface area (Å²) in [7, 11) is -2.84. The summed E-state index contributed by atoms with van der Waals surface area (Å²) in [6.07, 6.45) is 0. The van der Waals surface area contributed by atoms with E-state index in [-0.39, 0.29) is 23.1 Å². The molecule has 0 aliphatic carbocycles. The molecule has 0 atom stereocenters. The highest BCUT2D eigenvalue weighted by Gasteiger charge is 2.30. The second-order valence-electron chi connectivity index (χ2n) is 8.14. The number of sulfonamides is 1. The van der Waals surface area contributed by atoms with Gasteiger partial charge in [0.25, 0.3) is 0 Å². The van der Waals surface area contributed by atoms with Crippen LogP contribution in [-0.2, 0) is 23.1 Å². The summed E-state index contributed by atoms with van der Waals surface area (Å²) < 4.78 is 48.1. The van der Waals surface area contributed by atoms with Crippen molar-refractivity contribution >= 4 is 44.8 Å². The van der Waals surface area contributed by atoms with Crippen molar-refractivity contribution in [3.05, 3.63) is 111 Å². The lowest BCUT2D eigenvalue weighted by molar-refractivity contribution is 0.374. The number of ether oxygens (including phenoxy) is 1. The standard InChI is InChI=1S/C27H21Cl3FNO4S/c1-36-27-19(3-2-4-23(27)18-7-9-20(28)10-8-18)16-32(15-17-5-11-22(31)12-6-17)37(34,35)25-14-21(29)13-24(30)26(25)33/h2-14,33H,15-16H2,1H3. The maximum Gasteiger partial charge on any atom is 0.247 e. The van der Waals surface area contributed by atoms with Gasteiger partial charge in [-0.25, -0.2) is 12.8 Å². The summed E-state index contributed by atoms with van der Waals surface area (Å²) >= 11 is 18.1. The Morgan fingerprint density at radius 2 is 1.57 bits per heavy atom. The molecule has 5 nitrogen and oxygen atoms in total. The lowest BCUT2D eigenvalue weighted by Crippen LogP contribution is -2.30. The fourth-order valence-electron chi connectivity index (χ4n) is 3.89. The minimum absolute atomic E-state index is 0.0467. The Morgan fingerprint density at radius 1 is 0.892 bits per heavy atom. The largest absolute Gasteiger partial charge is 0.505 e. The number of phenols is 1. The Bertz CT molecular complexity index is 1530. The average Bonchev–Trinajstić information content (AvgIpc) is 2.87. The molecule has 0 aromatic heterocycles. The van der Waals surface area contributed by atoms with Crippen LogP contribution in [0.1, 0.15) is 11.1 Å². The van der Waals surface area contributed by atoms with Gasteiger partial charge in [0, 0.05) is 34.3 Å². The number of para-hydroxylation sites is 1. The molecule has 37 heavy (non-hydrogen) atoms. The number of phenolic OH excluding ortho intramolecular Hbond substituents is 1. The Morgan fingerprint density at radius 3 is 2.22 bits per heavy atom. The maximum atomic E-state index is 13.8. The van der Waals surface area contributed by atoms with Crippen molar-refractivity contribution in [3.8, 4) is 22.6 Å². The molecule has 0 fully saturated rings. The van der Waals surface area contributed by atoms with Gasteiger partial charge in [0.2, 0.25) is 10.0 Å². The van der Waals surface area contributed by atoms with Gasteiger partial charge in [-0.2, -0.15) is 4.31 Å². The molecule has 0 radical (unpaired) electrons. The summed E-state index contributed by atoms with van der Waals surface area (Å²) in [6, 6.07) is 20.4. The van der Waals surface area contributed by atoms with E-state index in [1.807, 2.05) is 18.2 Å². The van der Waals surface area contributed by atoms with E-state index in [0.29, 0.717) is 21.9 Å². The highest BCUT2D eigenvalue weighted by Crippen LogP contribution is 2.39. The zero-order valence-corrected chi connectivity index (χ0v) is 22.5. The third kappa shape index (κ3) is 6.03. The number of hydrogen-bond acceptors (Lipinski definition) is 4. The highest BCUT2D eigenvalue weighted by atomic mass is 35.5. The second kappa shape index (κ2) is 11.3. The Kier molecular flexibility index (Phi) is 8.31. The number of aromatic hydroxyl groups is 1. The third-order valence-corrected chi connectivity index (χ3v) is 8.25. The minimum Gasteiger partial charge on any atom is -0.505 e. The van der Waals surface area contributed by atoms with Gasteiger partial charge in [-0.05, 0) is 47.5 Å². The third-order valence-electron chi connectivity index (χ3n) is 5.69. The molecule has 0 spiro atoms. The van der Waals surface area contributed by atoms with Crippen molar-refractivity contribution < 1.29 is 22.7 Å². The van der Waals surface area contributed by atoms with Crippen molar-refractivity contribution in [2.75, 3.05) is 7.11 Å². The van der Waals surface area contributed by atoms with Crippen LogP contribution in [-0.4, -0.2) is 24.9 Å². The van der Waals surface area contributed by atoms with Gasteiger partial charge < -0.3 is 9.84 Å². The fourth-order valence-corrected chi connectivity index (χ4v) is 6.17. The van der Waals surface area contributed by atoms with E-state index in [9.17, 15) is 17.9 Å². The predicted octanol–water partition coefficient (Wildman–Crippen LogP) is 7.56. The SMILES string of the molecule is COc1c(CN(Cc2ccc(F)cc2)S(=O)(=O)c2cc(Cl)cc(Cl)c2O)cccc1-c1ccc(Cl)cc1. The zero-order valence-electron chi connectivity index (χ0n) is 19.5. The molecular weight excluding hydrogens is 560 g/mol. The number of rotatable bonds is 8. The van der Waals surface area contributed by atoms with E-state index in [2.05, 4.69) is 0 Å². The van der Waals surface area contributed by atoms with Crippen molar-refractivity contribution in [1.29, 1.82) is 0 Å². The molecule has 4 aromatic rings. The monoisotopic (exact) mass is 579 g/mol. The summed E-state index contributed by atoms with van der Waals surface area (Å²) in [5.41, 5.74) is 2.67. The topological polar surface area (TPSA) is 66.8 Å². The lowest BCUT2D eigenvalue weighted by Gasteiger charge is -2.25. The van der Waals surface area contributed by atoms with E-state index >= 15 is 0 Å². The number of nitrogens with zero attached hydrogens (tertiary/aromatic N) is 1. The Hall–Kier alpha value is -2.81. The van der Waals surface area contributed by atoms with E-state index < -0.39 is 26.5 Å². The first-order valence-electron chi connectivity index (χ1n) is 10.9. The first-order chi connectivity index (χ1) is 17.6. The molecule has 0 saturated carbocycles. The van der Waals surface area contributed by atoms with Crippen molar-refractivity contribution in [2.45, 2.75) is 18.0 Å². The van der Waals surface area contributed by atoms with Crippen LogP contribution < -0.4 is 4.74 Å². The zero-order chi connectivity index (χ0) is 26.7. The van der Waals surface area contributed by atoms with Gasteiger partial charge in [0.05, 0.1) is 12.1 Å². The molecule has 0 unspecified atom stereocenters. The number of halogens is 4. The minimum atomic E-state index is -4.34. The number of methoxy groups -OCH3 is 1. The average molecular weight is 581 g/mol. The summed E-state index contributed by atoms with van der Waals surface area (Å²) in [5.74, 6) is -0.593. The number of hydrogen-bond donors (Lipinski definition) is 1. The second-order valence-corrected chi connectivity index (χ2v) is 11.3. The predicted molar refractivity (Wildman–Crippen MR) is 144 cm³/mol. The highest BCUT2D eigenvalue weighted by molar-refractivity contribution is 7.89. The van der Waals surface area contributed by atoms with Gasteiger partial charge in [-0.15, -0.1) is 0 Å². The van der Waals surface area contributed by atoms with Gasteiger partial charge in [0.1, 0.15) is 16.5 Å². The molecule has 0 bridgehead atoms. The van der Waals surface area contributed by atoms with Crippen LogP contribution in [0.3, 0.4) is 0 Å². The lowest BCUT2D eigenvalue weighted by atomic mass is 10.0. The Balaban J connectivity index is 1.82. The molecule has 4 rings (SSSR count). The van der Waals surface area contributed by atoms with Gasteiger partial charge in [-0.3, -0.25) is 0 Å². The van der Waals surface area contributed by atoms with E-state index in [1.165, 1.54) is 37.4 Å². The summed E-state index contributed by atoms with van der Waals surface area (Å²) in [5, 5.41) is 10.9. The molecule has 0 heterocycles. The van der Waals surface area contributed by atoms with Crippen LogP contribution in [0.4, 0.5) is 4.39 Å². The van der Waals surface area contributed by atoms with Crippen LogP contribution in [0, 0.1) is 5.82 Å². The maximum absolute atomic E-state index is 13.8. The molecule has 0 aliphatic rings. The van der Waals surface area contributed by atoms with Crippen molar-refractivity contribution in [1.82, 2.24) is 4.31 Å². The first-order valence-corrected chi connectivity index (χ1v) is 13.5. The Labute approximate surface area is 229 Å². The van der Waals surface area contributed by atoms with Gasteiger partial charge in [0.15, 0.2) is 5.75 Å². The first kappa shape index (κ1) is 27.2. The van der Waals surface area contributed by atoms with Crippen molar-refractivity contribution in [3.63, 3.8) is 0 Å². The summed E-state index contributed by atoms with van der Waals surface area (Å²) in [6.45, 7) is -0.256. The van der Waals surface area contributed by atoms with E-state index in [0.717, 1.165) is 21.5 Å². The smallest absolute Gasteiger partial charge is 0.247 e. The number of benzene rings is 4. The summed E-state index contributed by atoms with van der Waals surface area (Å²) in [4.78, 5) is -0.445. The molecule has 1 N–H and O–H groups in total. The molecule has 192 valence electrons. The van der Waals surface area contributed by atoms with Crippen molar-refractivity contribution in [2.24, 2.45) is 0 Å². The van der Waals surface area contributed by atoms with Crippen LogP contribution in [0.25, 0.3) is 11.1 Å². The molecule has 10 heteroatoms. The quantitative estimate of drug-likeness (QED) is 0.234. The molecule has 0 amide bonds.